The normalized spacial score (nSPS) is 14.0. The van der Waals surface area contributed by atoms with E-state index < -0.39 is 0 Å². The molecule has 0 fully saturated rings. The average Bonchev–Trinajstić information content (AvgIpc) is 2.67. The van der Waals surface area contributed by atoms with E-state index >= 15 is 0 Å². The van der Waals surface area contributed by atoms with Crippen molar-refractivity contribution in [1.29, 1.82) is 0 Å². The predicted octanol–water partition coefficient (Wildman–Crippen LogP) is 6.46. The van der Waals surface area contributed by atoms with Gasteiger partial charge in [0, 0.05) is 30.6 Å². The van der Waals surface area contributed by atoms with Gasteiger partial charge in [-0.1, -0.05) is 68.5 Å². The molecule has 0 aliphatic rings. The zero-order valence-electron chi connectivity index (χ0n) is 19.6. The second-order valence-electron chi connectivity index (χ2n) is 9.09. The van der Waals surface area contributed by atoms with Gasteiger partial charge in [0.15, 0.2) is 0 Å². The van der Waals surface area contributed by atoms with E-state index in [9.17, 15) is 14.4 Å². The summed E-state index contributed by atoms with van der Waals surface area (Å²) < 4.78 is 0. The quantitative estimate of drug-likeness (QED) is 0.245. The zero-order chi connectivity index (χ0) is 22.7. The Labute approximate surface area is 183 Å². The van der Waals surface area contributed by atoms with Gasteiger partial charge in [0.1, 0.15) is 17.3 Å². The van der Waals surface area contributed by atoms with E-state index in [2.05, 4.69) is 13.5 Å². The SMILES string of the molecule is C=C(C)C[C@H](C)C(=O)C[C@H](CCCCC)C(=O)C[C@@H](Cc1ccc(C)cc1)C(C)=O. The molecule has 0 bridgehead atoms. The lowest BCUT2D eigenvalue weighted by atomic mass is 9.82. The van der Waals surface area contributed by atoms with Crippen LogP contribution in [0.4, 0.5) is 0 Å². The topological polar surface area (TPSA) is 51.2 Å². The van der Waals surface area contributed by atoms with Crippen LogP contribution >= 0.6 is 0 Å². The van der Waals surface area contributed by atoms with Crippen molar-refractivity contribution in [3.05, 3.63) is 47.5 Å². The van der Waals surface area contributed by atoms with Crippen LogP contribution in [-0.2, 0) is 20.8 Å². The number of unbranched alkanes of at least 4 members (excludes halogenated alkanes) is 2. The molecule has 0 radical (unpaired) electrons. The molecule has 0 aliphatic heterocycles. The molecule has 0 saturated heterocycles. The Morgan fingerprint density at radius 2 is 1.50 bits per heavy atom. The summed E-state index contributed by atoms with van der Waals surface area (Å²) in [7, 11) is 0. The summed E-state index contributed by atoms with van der Waals surface area (Å²) in [6.07, 6.45) is 5.55. The highest BCUT2D eigenvalue weighted by Gasteiger charge is 2.27. The van der Waals surface area contributed by atoms with Gasteiger partial charge in [0.2, 0.25) is 0 Å². The molecular formula is C27H40O3. The smallest absolute Gasteiger partial charge is 0.137 e. The van der Waals surface area contributed by atoms with Crippen molar-refractivity contribution < 1.29 is 14.4 Å². The van der Waals surface area contributed by atoms with Crippen LogP contribution in [0.3, 0.4) is 0 Å². The van der Waals surface area contributed by atoms with Crippen LogP contribution in [0, 0.1) is 24.7 Å². The minimum atomic E-state index is -0.322. The molecule has 0 spiro atoms. The predicted molar refractivity (Wildman–Crippen MR) is 125 cm³/mol. The summed E-state index contributed by atoms with van der Waals surface area (Å²) in [6, 6.07) is 8.11. The highest BCUT2D eigenvalue weighted by atomic mass is 16.1. The fourth-order valence-corrected chi connectivity index (χ4v) is 3.88. The molecule has 0 aliphatic carbocycles. The zero-order valence-corrected chi connectivity index (χ0v) is 19.6. The van der Waals surface area contributed by atoms with Crippen molar-refractivity contribution in [3.63, 3.8) is 0 Å². The maximum absolute atomic E-state index is 13.2. The van der Waals surface area contributed by atoms with Gasteiger partial charge in [-0.05, 0) is 45.6 Å². The molecule has 0 heterocycles. The van der Waals surface area contributed by atoms with Crippen LogP contribution in [-0.4, -0.2) is 17.3 Å². The summed E-state index contributed by atoms with van der Waals surface area (Å²) >= 11 is 0. The minimum absolute atomic E-state index is 0.0400. The van der Waals surface area contributed by atoms with Crippen LogP contribution in [0.1, 0.15) is 83.8 Å². The summed E-state index contributed by atoms with van der Waals surface area (Å²) in [5.74, 6) is -0.480. The largest absolute Gasteiger partial charge is 0.300 e. The van der Waals surface area contributed by atoms with Crippen LogP contribution in [0.5, 0.6) is 0 Å². The molecule has 1 aromatic carbocycles. The average molecular weight is 413 g/mol. The lowest BCUT2D eigenvalue weighted by Crippen LogP contribution is -2.26. The third kappa shape index (κ3) is 9.65. The molecule has 0 amide bonds. The van der Waals surface area contributed by atoms with Crippen LogP contribution in [0.25, 0.3) is 0 Å². The first-order valence-electron chi connectivity index (χ1n) is 11.4. The van der Waals surface area contributed by atoms with Crippen molar-refractivity contribution >= 4 is 17.3 Å². The number of ketones is 3. The number of rotatable bonds is 15. The van der Waals surface area contributed by atoms with E-state index in [-0.39, 0.29) is 47.9 Å². The van der Waals surface area contributed by atoms with Gasteiger partial charge in [-0.2, -0.15) is 0 Å². The van der Waals surface area contributed by atoms with E-state index in [4.69, 9.17) is 0 Å². The number of carbonyl (C=O) groups is 3. The van der Waals surface area contributed by atoms with E-state index in [1.165, 1.54) is 5.56 Å². The number of benzene rings is 1. The second-order valence-corrected chi connectivity index (χ2v) is 9.09. The maximum atomic E-state index is 13.2. The fourth-order valence-electron chi connectivity index (χ4n) is 3.88. The first-order chi connectivity index (χ1) is 14.1. The first kappa shape index (κ1) is 26.0. The van der Waals surface area contributed by atoms with Gasteiger partial charge in [0.25, 0.3) is 0 Å². The van der Waals surface area contributed by atoms with Gasteiger partial charge >= 0.3 is 0 Å². The molecule has 0 aromatic heterocycles. The van der Waals surface area contributed by atoms with Gasteiger partial charge in [0.05, 0.1) is 0 Å². The van der Waals surface area contributed by atoms with Gasteiger partial charge in [-0.3, -0.25) is 14.4 Å². The minimum Gasteiger partial charge on any atom is -0.300 e. The molecule has 3 heteroatoms. The molecule has 0 unspecified atom stereocenters. The number of hydrogen-bond acceptors (Lipinski definition) is 3. The second kappa shape index (κ2) is 13.3. The number of carbonyl (C=O) groups excluding carboxylic acids is 3. The Kier molecular flexibility index (Phi) is 11.5. The van der Waals surface area contributed by atoms with Gasteiger partial charge in [-0.25, -0.2) is 0 Å². The third-order valence-corrected chi connectivity index (χ3v) is 5.89. The Morgan fingerprint density at radius 3 is 2.03 bits per heavy atom. The van der Waals surface area contributed by atoms with Crippen molar-refractivity contribution in [2.24, 2.45) is 17.8 Å². The molecule has 1 aromatic rings. The molecular weight excluding hydrogens is 372 g/mol. The highest BCUT2D eigenvalue weighted by molar-refractivity contribution is 5.91. The molecule has 0 N–H and O–H groups in total. The molecule has 3 atom stereocenters. The lowest BCUT2D eigenvalue weighted by Gasteiger charge is -2.20. The highest BCUT2D eigenvalue weighted by Crippen LogP contribution is 2.24. The summed E-state index contributed by atoms with van der Waals surface area (Å²) in [4.78, 5) is 38.1. The van der Waals surface area contributed by atoms with E-state index in [0.717, 1.165) is 36.8 Å². The van der Waals surface area contributed by atoms with E-state index in [0.29, 0.717) is 12.8 Å². The Balaban J connectivity index is 2.85. The Hall–Kier alpha value is -2.03. The standard InChI is InChI=1S/C27H40O3/c1-7-8-9-10-24(17-26(29)21(5)15-19(2)3)27(30)18-25(22(6)28)16-23-13-11-20(4)12-14-23/h11-14,21,24-25H,2,7-10,15-18H2,1,3-6H3/t21-,24-,25+/m0/s1. The third-order valence-electron chi connectivity index (χ3n) is 5.89. The number of aryl methyl sites for hydroxylation is 1. The summed E-state index contributed by atoms with van der Waals surface area (Å²) in [5.41, 5.74) is 3.23. The monoisotopic (exact) mass is 412 g/mol. The number of Topliss-reactive ketones (excluding diaryl/α,β-unsaturated/α-hetero) is 3. The van der Waals surface area contributed by atoms with Crippen LogP contribution in [0.2, 0.25) is 0 Å². The van der Waals surface area contributed by atoms with Crippen LogP contribution in [0.15, 0.2) is 36.4 Å². The fraction of sp³-hybridized carbons (Fsp3) is 0.593. The maximum Gasteiger partial charge on any atom is 0.137 e. The van der Waals surface area contributed by atoms with Crippen molar-refractivity contribution in [1.82, 2.24) is 0 Å². The molecule has 0 saturated carbocycles. The van der Waals surface area contributed by atoms with Crippen LogP contribution < -0.4 is 0 Å². The van der Waals surface area contributed by atoms with E-state index in [1.807, 2.05) is 45.0 Å². The number of hydrogen-bond donors (Lipinski definition) is 0. The summed E-state index contributed by atoms with van der Waals surface area (Å²) in [5, 5.41) is 0. The molecule has 166 valence electrons. The first-order valence-corrected chi connectivity index (χ1v) is 11.4. The Bertz CT molecular complexity index is 714. The Morgan fingerprint density at radius 1 is 0.900 bits per heavy atom. The summed E-state index contributed by atoms with van der Waals surface area (Å²) in [6.45, 7) is 13.5. The molecule has 30 heavy (non-hydrogen) atoms. The molecule has 3 nitrogen and oxygen atoms in total. The van der Waals surface area contributed by atoms with Gasteiger partial charge < -0.3 is 0 Å². The van der Waals surface area contributed by atoms with E-state index in [1.54, 1.807) is 6.92 Å². The van der Waals surface area contributed by atoms with Crippen molar-refractivity contribution in [2.45, 2.75) is 86.0 Å². The number of allylic oxidation sites excluding steroid dienone is 1. The van der Waals surface area contributed by atoms with Crippen molar-refractivity contribution in [2.75, 3.05) is 0 Å². The van der Waals surface area contributed by atoms with Crippen molar-refractivity contribution in [3.8, 4) is 0 Å². The molecule has 1 rings (SSSR count). The van der Waals surface area contributed by atoms with Gasteiger partial charge in [-0.15, -0.1) is 6.58 Å². The lowest BCUT2D eigenvalue weighted by molar-refractivity contribution is -0.132.